The maximum atomic E-state index is 13.5. The Balaban J connectivity index is 2.39. The van der Waals surface area contributed by atoms with Gasteiger partial charge in [-0.1, -0.05) is 70.6 Å². The van der Waals surface area contributed by atoms with E-state index in [2.05, 4.69) is 6.08 Å². The molecule has 2 heterocycles. The van der Waals surface area contributed by atoms with Crippen LogP contribution in [-0.4, -0.2) is 135 Å². The van der Waals surface area contributed by atoms with Crippen molar-refractivity contribution in [1.82, 2.24) is 4.90 Å². The lowest BCUT2D eigenvalue weighted by Crippen LogP contribution is -2.47. The minimum Gasteiger partial charge on any atom is -0.458 e. The molecule has 0 saturated carbocycles. The average Bonchev–Trinajstić information content (AvgIpc) is 3.22. The molecule has 0 aromatic carbocycles. The summed E-state index contributed by atoms with van der Waals surface area (Å²) >= 11 is 0. The Hall–Kier alpha value is -2.75. The van der Waals surface area contributed by atoms with Gasteiger partial charge in [-0.25, -0.2) is 4.79 Å². The molecule has 2 rings (SSSR count). The fourth-order valence-corrected chi connectivity index (χ4v) is 8.38. The van der Waals surface area contributed by atoms with Gasteiger partial charge in [0.25, 0.3) is 0 Å². The first kappa shape index (κ1) is 51.4. The normalized spacial score (nSPS) is 32.8. The van der Waals surface area contributed by atoms with Crippen molar-refractivity contribution in [2.24, 2.45) is 35.5 Å². The number of aliphatic hydroxyl groups is 3. The number of hydrogen-bond acceptors (Lipinski definition) is 12. The smallest absolute Gasteiger partial charge is 0.331 e. The lowest BCUT2D eigenvalue weighted by molar-refractivity contribution is -0.159. The highest BCUT2D eigenvalue weighted by molar-refractivity contribution is 5.82. The van der Waals surface area contributed by atoms with Crippen LogP contribution >= 0.6 is 0 Å². The summed E-state index contributed by atoms with van der Waals surface area (Å²) in [5.41, 5.74) is 0.777. The number of Topliss-reactive ketones (excluding diaryl/α,β-unsaturated/α-hetero) is 1. The second-order valence-corrected chi connectivity index (χ2v) is 16.6. The fraction of sp³-hybridized carbons (Fsp3) is 0.756. The molecule has 58 heavy (non-hydrogen) atoms. The van der Waals surface area contributed by atoms with Crippen LogP contribution in [0.5, 0.6) is 0 Å². The Bertz CT molecular complexity index is 1350. The van der Waals surface area contributed by atoms with Gasteiger partial charge in [-0.2, -0.15) is 0 Å². The maximum absolute atomic E-state index is 13.5. The van der Waals surface area contributed by atoms with Crippen molar-refractivity contribution in [2.75, 3.05) is 42.1 Å². The van der Waals surface area contributed by atoms with E-state index >= 15 is 0 Å². The van der Waals surface area contributed by atoms with Crippen molar-refractivity contribution in [3.05, 3.63) is 48.2 Å². The molecule has 15 atom stereocenters. The Morgan fingerprint density at radius 2 is 1.66 bits per heavy atom. The van der Waals surface area contributed by atoms with Gasteiger partial charge < -0.3 is 48.6 Å². The predicted octanol–water partition coefficient (Wildman–Crippen LogP) is 5.21. The van der Waals surface area contributed by atoms with E-state index in [9.17, 15) is 29.7 Å². The van der Waals surface area contributed by atoms with E-state index in [-0.39, 0.29) is 42.9 Å². The Kier molecular flexibility index (Phi) is 23.4. The van der Waals surface area contributed by atoms with Gasteiger partial charge in [0, 0.05) is 103 Å². The quantitative estimate of drug-likeness (QED) is 0.0997. The molecule has 0 aliphatic carbocycles. The van der Waals surface area contributed by atoms with Crippen molar-refractivity contribution in [3.8, 4) is 0 Å². The second-order valence-electron chi connectivity index (χ2n) is 16.6. The number of cyclic esters (lactones) is 1. The SMILES string of the molecule is CO[C@H]([C@H](C)/C=C/N(C)C=O)[C@@H](C)C(=O)CC[C@H](C)C(O)[C@H](C)[C@H]1OC(=O)/C=C/C(C)=C/C[C@H](O)CC2C=CC[C@@H](C[C@H](OC)[C@@H](CO)[C@@H](OC)C[C@@H](OC)[C@@H]1C)O2. The monoisotopic (exact) mass is 822 g/mol. The van der Waals surface area contributed by atoms with E-state index < -0.39 is 72.4 Å². The number of rotatable bonds is 17. The zero-order chi connectivity index (χ0) is 43.5. The van der Waals surface area contributed by atoms with Crippen LogP contribution in [0.4, 0.5) is 0 Å². The number of hydrogen-bond donors (Lipinski definition) is 3. The lowest BCUT2D eigenvalue weighted by atomic mass is 9.78. The summed E-state index contributed by atoms with van der Waals surface area (Å²) in [5, 5.41) is 33.4. The summed E-state index contributed by atoms with van der Waals surface area (Å²) in [7, 11) is 7.97. The maximum Gasteiger partial charge on any atom is 0.331 e. The number of fused-ring (bicyclic) bond motifs is 2. The number of nitrogens with zero attached hydrogens (tertiary/aromatic N) is 1. The van der Waals surface area contributed by atoms with Crippen LogP contribution < -0.4 is 0 Å². The highest BCUT2D eigenvalue weighted by atomic mass is 16.5. The van der Waals surface area contributed by atoms with Gasteiger partial charge >= 0.3 is 5.97 Å². The van der Waals surface area contributed by atoms with E-state index in [1.807, 2.05) is 59.8 Å². The van der Waals surface area contributed by atoms with Crippen LogP contribution in [0, 0.1) is 35.5 Å². The van der Waals surface area contributed by atoms with Gasteiger partial charge in [0.2, 0.25) is 6.41 Å². The minimum absolute atomic E-state index is 0.00449. The molecule has 2 bridgehead atoms. The molecular formula is C45H75NO12. The number of methoxy groups -OCH3 is 4. The summed E-state index contributed by atoms with van der Waals surface area (Å²) in [6.07, 6.45) is 11.2. The third kappa shape index (κ3) is 16.0. The first-order valence-corrected chi connectivity index (χ1v) is 20.9. The molecule has 13 heteroatoms. The van der Waals surface area contributed by atoms with E-state index in [0.29, 0.717) is 44.9 Å². The molecule has 0 radical (unpaired) electrons. The largest absolute Gasteiger partial charge is 0.458 e. The molecule has 13 nitrogen and oxygen atoms in total. The minimum atomic E-state index is -0.952. The van der Waals surface area contributed by atoms with E-state index in [4.69, 9.17) is 28.4 Å². The number of allylic oxidation sites excluding steroid dienone is 2. The molecule has 2 aliphatic heterocycles. The number of carbonyl (C=O) groups excluding carboxylic acids is 3. The molecule has 2 aliphatic rings. The molecule has 332 valence electrons. The van der Waals surface area contributed by atoms with Crippen molar-refractivity contribution < 1.29 is 58.1 Å². The molecule has 0 spiro atoms. The number of carbonyl (C=O) groups is 3. The van der Waals surface area contributed by atoms with Gasteiger partial charge in [-0.3, -0.25) is 9.59 Å². The van der Waals surface area contributed by atoms with E-state index in [1.54, 1.807) is 47.8 Å². The Morgan fingerprint density at radius 1 is 1.00 bits per heavy atom. The zero-order valence-corrected chi connectivity index (χ0v) is 36.9. The van der Waals surface area contributed by atoms with Crippen LogP contribution in [0.2, 0.25) is 0 Å². The van der Waals surface area contributed by atoms with Crippen LogP contribution in [0.1, 0.15) is 86.5 Å². The van der Waals surface area contributed by atoms with Crippen LogP contribution in [-0.2, 0) is 42.8 Å². The van der Waals surface area contributed by atoms with Crippen molar-refractivity contribution >= 4 is 18.2 Å². The Morgan fingerprint density at radius 3 is 2.26 bits per heavy atom. The summed E-state index contributed by atoms with van der Waals surface area (Å²) in [5.74, 6) is -2.97. The number of esters is 1. The number of ether oxygens (including phenoxy) is 6. The van der Waals surface area contributed by atoms with Gasteiger partial charge in [-0.15, -0.1) is 0 Å². The van der Waals surface area contributed by atoms with E-state index in [0.717, 1.165) is 5.57 Å². The molecule has 0 fully saturated rings. The Labute approximate surface area is 347 Å². The molecule has 3 N–H and O–H groups in total. The summed E-state index contributed by atoms with van der Waals surface area (Å²) < 4.78 is 36.3. The van der Waals surface area contributed by atoms with Crippen molar-refractivity contribution in [2.45, 2.75) is 141 Å². The van der Waals surface area contributed by atoms with Crippen molar-refractivity contribution in [1.29, 1.82) is 0 Å². The van der Waals surface area contributed by atoms with E-state index in [1.165, 1.54) is 11.0 Å². The number of ketones is 1. The number of aliphatic hydroxyl groups excluding tert-OH is 3. The van der Waals surface area contributed by atoms with Crippen LogP contribution in [0.15, 0.2) is 48.2 Å². The molecule has 2 unspecified atom stereocenters. The fourth-order valence-electron chi connectivity index (χ4n) is 8.38. The van der Waals surface area contributed by atoms with Gasteiger partial charge in [0.15, 0.2) is 0 Å². The van der Waals surface area contributed by atoms with Gasteiger partial charge in [-0.05, 0) is 32.1 Å². The molecule has 1 amide bonds. The summed E-state index contributed by atoms with van der Waals surface area (Å²) in [4.78, 5) is 39.3. The lowest BCUT2D eigenvalue weighted by Gasteiger charge is -2.39. The molecule has 0 saturated heterocycles. The first-order valence-electron chi connectivity index (χ1n) is 20.9. The molecular weight excluding hydrogens is 746 g/mol. The van der Waals surface area contributed by atoms with Crippen LogP contribution in [0.25, 0.3) is 0 Å². The van der Waals surface area contributed by atoms with Gasteiger partial charge in [0.1, 0.15) is 11.9 Å². The summed E-state index contributed by atoms with van der Waals surface area (Å²) in [6, 6.07) is 0. The average molecular weight is 822 g/mol. The highest BCUT2D eigenvalue weighted by Crippen LogP contribution is 2.34. The van der Waals surface area contributed by atoms with Crippen molar-refractivity contribution in [3.63, 3.8) is 0 Å². The summed E-state index contributed by atoms with van der Waals surface area (Å²) in [6.45, 7) is 11.0. The van der Waals surface area contributed by atoms with Crippen LogP contribution in [0.3, 0.4) is 0 Å². The molecule has 0 aromatic heterocycles. The third-order valence-corrected chi connectivity index (χ3v) is 12.3. The number of amides is 1. The predicted molar refractivity (Wildman–Crippen MR) is 222 cm³/mol. The topological polar surface area (TPSA) is 171 Å². The second kappa shape index (κ2) is 26.5. The zero-order valence-electron chi connectivity index (χ0n) is 36.9. The van der Waals surface area contributed by atoms with Gasteiger partial charge in [0.05, 0.1) is 55.4 Å². The highest BCUT2D eigenvalue weighted by Gasteiger charge is 2.41. The molecule has 0 aromatic rings. The third-order valence-electron chi connectivity index (χ3n) is 12.3. The standard InChI is InChI=1S/C45H75NO12/c1-28-15-18-34(49)23-35-13-12-14-36(57-35)24-40(54-9)37(26-47)41(55-10)25-39(53-8)32(5)45(58-42(51)20-16-28)33(6)43(52)29(2)17-19-38(50)31(4)44(56-11)30(3)21-22-46(7)27-48/h12-13,15-16,20-22,27,29-37,39-41,43-45,47,49,52H,14,17-19,23-26H2,1-11H3/b20-16+,22-21+,28-15+/t29-,30+,31-,32-,33-,34-,35?,36-,37+,39+,40-,41-,43?,44+,45-/m0/s1. The first-order chi connectivity index (χ1) is 27.5.